The first-order valence-corrected chi connectivity index (χ1v) is 6.44. The van der Waals surface area contributed by atoms with Crippen molar-refractivity contribution in [3.05, 3.63) is 0 Å². The van der Waals surface area contributed by atoms with Gasteiger partial charge in [0.15, 0.2) is 0 Å². The van der Waals surface area contributed by atoms with E-state index in [9.17, 15) is 20.4 Å². The molecule has 7 heteroatoms. The zero-order valence-electron chi connectivity index (χ0n) is 11.4. The third-order valence-electron chi connectivity index (χ3n) is 3.04. The van der Waals surface area contributed by atoms with Gasteiger partial charge in [-0.15, -0.1) is 0 Å². The van der Waals surface area contributed by atoms with Crippen molar-refractivity contribution in [1.82, 2.24) is 0 Å². The highest BCUT2D eigenvalue weighted by atomic mass is 16.5. The Hall–Kier alpha value is -0.280. The molecule has 19 heavy (non-hydrogen) atoms. The molecule has 0 aromatic carbocycles. The number of ether oxygens (including phenoxy) is 1. The summed E-state index contributed by atoms with van der Waals surface area (Å²) in [7, 11) is 0. The van der Waals surface area contributed by atoms with Crippen LogP contribution >= 0.6 is 0 Å². The first kappa shape index (κ1) is 18.7. The van der Waals surface area contributed by atoms with Gasteiger partial charge in [-0.25, -0.2) is 0 Å². The standard InChI is InChI=1S/C12H26O7/c1-3-8(14)11(17)7(2)5-19-6-10(16)12(18)9(15)4-13/h7-18H,3-6H2,1-2H3. The summed E-state index contributed by atoms with van der Waals surface area (Å²) in [5.74, 6) is -0.331. The maximum Gasteiger partial charge on any atom is 0.110 e. The van der Waals surface area contributed by atoms with E-state index in [0.29, 0.717) is 6.42 Å². The van der Waals surface area contributed by atoms with Crippen molar-refractivity contribution in [2.45, 2.75) is 50.8 Å². The molecule has 7 nitrogen and oxygen atoms in total. The first-order valence-electron chi connectivity index (χ1n) is 6.44. The number of hydrogen-bond acceptors (Lipinski definition) is 7. The van der Waals surface area contributed by atoms with Crippen molar-refractivity contribution in [1.29, 1.82) is 0 Å². The predicted octanol–water partition coefficient (Wildman–Crippen LogP) is -2.15. The lowest BCUT2D eigenvalue weighted by atomic mass is 9.99. The Morgan fingerprint density at radius 2 is 1.42 bits per heavy atom. The van der Waals surface area contributed by atoms with Crippen molar-refractivity contribution in [2.75, 3.05) is 19.8 Å². The van der Waals surface area contributed by atoms with Crippen molar-refractivity contribution in [3.63, 3.8) is 0 Å². The van der Waals surface area contributed by atoms with E-state index in [-0.39, 0.29) is 19.1 Å². The summed E-state index contributed by atoms with van der Waals surface area (Å²) < 4.78 is 5.11. The second kappa shape index (κ2) is 9.60. The molecule has 0 rings (SSSR count). The van der Waals surface area contributed by atoms with E-state index in [4.69, 9.17) is 14.9 Å². The molecule has 6 atom stereocenters. The molecule has 0 amide bonds. The number of rotatable bonds is 10. The SMILES string of the molecule is CCC(O)C(O)C(C)COCC(O)C(O)C(O)CO. The largest absolute Gasteiger partial charge is 0.394 e. The van der Waals surface area contributed by atoms with Crippen LogP contribution in [0, 0.1) is 5.92 Å². The monoisotopic (exact) mass is 282 g/mol. The van der Waals surface area contributed by atoms with E-state index < -0.39 is 37.1 Å². The molecule has 0 fully saturated rings. The fourth-order valence-electron chi connectivity index (χ4n) is 1.56. The summed E-state index contributed by atoms with van der Waals surface area (Å²) in [6.07, 6.45) is -5.58. The Morgan fingerprint density at radius 3 is 1.89 bits per heavy atom. The van der Waals surface area contributed by atoms with Gasteiger partial charge in [0.2, 0.25) is 0 Å². The van der Waals surface area contributed by atoms with E-state index in [0.717, 1.165) is 0 Å². The summed E-state index contributed by atoms with van der Waals surface area (Å²) in [6, 6.07) is 0. The van der Waals surface area contributed by atoms with Crippen molar-refractivity contribution in [3.8, 4) is 0 Å². The molecule has 116 valence electrons. The van der Waals surface area contributed by atoms with Crippen LogP contribution in [-0.4, -0.2) is 81.0 Å². The summed E-state index contributed by atoms with van der Waals surface area (Å²) in [4.78, 5) is 0. The topological polar surface area (TPSA) is 131 Å². The molecule has 0 saturated heterocycles. The van der Waals surface area contributed by atoms with Crippen LogP contribution in [0.25, 0.3) is 0 Å². The molecule has 0 aliphatic carbocycles. The Kier molecular flexibility index (Phi) is 9.46. The lowest BCUT2D eigenvalue weighted by Crippen LogP contribution is -2.42. The predicted molar refractivity (Wildman–Crippen MR) is 67.4 cm³/mol. The van der Waals surface area contributed by atoms with Crippen LogP contribution in [0.5, 0.6) is 0 Å². The normalized spacial score (nSPS) is 21.5. The van der Waals surface area contributed by atoms with Crippen LogP contribution in [0.15, 0.2) is 0 Å². The number of aliphatic hydroxyl groups is 6. The van der Waals surface area contributed by atoms with Gasteiger partial charge in [0, 0.05) is 5.92 Å². The van der Waals surface area contributed by atoms with Crippen molar-refractivity contribution < 1.29 is 35.4 Å². The molecule has 6 unspecified atom stereocenters. The van der Waals surface area contributed by atoms with Gasteiger partial charge in [0.1, 0.15) is 18.3 Å². The summed E-state index contributed by atoms with van der Waals surface area (Å²) in [6.45, 7) is 2.64. The summed E-state index contributed by atoms with van der Waals surface area (Å²) >= 11 is 0. The highest BCUT2D eigenvalue weighted by Gasteiger charge is 2.25. The first-order chi connectivity index (χ1) is 8.84. The number of aliphatic hydroxyl groups excluding tert-OH is 6. The molecule has 0 spiro atoms. The Balaban J connectivity index is 3.96. The number of hydrogen-bond donors (Lipinski definition) is 6. The second-order valence-corrected chi connectivity index (χ2v) is 4.79. The highest BCUT2D eigenvalue weighted by Crippen LogP contribution is 2.11. The van der Waals surface area contributed by atoms with Crippen molar-refractivity contribution in [2.24, 2.45) is 5.92 Å². The Morgan fingerprint density at radius 1 is 0.842 bits per heavy atom. The Labute approximate surface area is 113 Å². The van der Waals surface area contributed by atoms with Crippen LogP contribution in [0.4, 0.5) is 0 Å². The minimum absolute atomic E-state index is 0.0945. The van der Waals surface area contributed by atoms with Gasteiger partial charge in [0.05, 0.1) is 32.0 Å². The van der Waals surface area contributed by atoms with Gasteiger partial charge in [-0.2, -0.15) is 0 Å². The van der Waals surface area contributed by atoms with Crippen LogP contribution in [0.2, 0.25) is 0 Å². The molecule has 0 bridgehead atoms. The van der Waals surface area contributed by atoms with E-state index in [1.54, 1.807) is 13.8 Å². The molecule has 0 aromatic heterocycles. The van der Waals surface area contributed by atoms with Crippen LogP contribution in [-0.2, 0) is 4.74 Å². The van der Waals surface area contributed by atoms with Gasteiger partial charge >= 0.3 is 0 Å². The average molecular weight is 282 g/mol. The van der Waals surface area contributed by atoms with Gasteiger partial charge in [-0.1, -0.05) is 13.8 Å². The fourth-order valence-corrected chi connectivity index (χ4v) is 1.56. The van der Waals surface area contributed by atoms with Crippen LogP contribution in [0.3, 0.4) is 0 Å². The summed E-state index contributed by atoms with van der Waals surface area (Å²) in [5.41, 5.74) is 0. The maximum atomic E-state index is 9.67. The molecule has 6 N–H and O–H groups in total. The average Bonchev–Trinajstić information content (AvgIpc) is 2.43. The zero-order valence-corrected chi connectivity index (χ0v) is 11.4. The third kappa shape index (κ3) is 6.62. The highest BCUT2D eigenvalue weighted by molar-refractivity contribution is 4.75. The molecule has 0 aliphatic heterocycles. The molecule has 0 aliphatic rings. The van der Waals surface area contributed by atoms with E-state index in [2.05, 4.69) is 0 Å². The quantitative estimate of drug-likeness (QED) is 0.269. The van der Waals surface area contributed by atoms with Gasteiger partial charge in [-0.3, -0.25) is 0 Å². The fraction of sp³-hybridized carbons (Fsp3) is 1.00. The molecule has 0 heterocycles. The molecular formula is C12H26O7. The molecule has 0 aromatic rings. The van der Waals surface area contributed by atoms with Gasteiger partial charge in [-0.05, 0) is 6.42 Å². The third-order valence-corrected chi connectivity index (χ3v) is 3.04. The molecule has 0 radical (unpaired) electrons. The minimum Gasteiger partial charge on any atom is -0.394 e. The van der Waals surface area contributed by atoms with Gasteiger partial charge < -0.3 is 35.4 Å². The Bertz CT molecular complexity index is 204. The van der Waals surface area contributed by atoms with Gasteiger partial charge in [0.25, 0.3) is 0 Å². The minimum atomic E-state index is -1.49. The van der Waals surface area contributed by atoms with Crippen LogP contribution in [0.1, 0.15) is 20.3 Å². The van der Waals surface area contributed by atoms with Crippen LogP contribution < -0.4 is 0 Å². The summed E-state index contributed by atoms with van der Waals surface area (Å²) in [5, 5.41) is 55.7. The maximum absolute atomic E-state index is 9.67. The lowest BCUT2D eigenvalue weighted by Gasteiger charge is -2.25. The molecular weight excluding hydrogens is 256 g/mol. The van der Waals surface area contributed by atoms with E-state index in [1.165, 1.54) is 0 Å². The van der Waals surface area contributed by atoms with E-state index in [1.807, 2.05) is 0 Å². The van der Waals surface area contributed by atoms with E-state index >= 15 is 0 Å². The smallest absolute Gasteiger partial charge is 0.110 e. The zero-order chi connectivity index (χ0) is 15.0. The molecule has 0 saturated carbocycles. The second-order valence-electron chi connectivity index (χ2n) is 4.79. The lowest BCUT2D eigenvalue weighted by molar-refractivity contribution is -0.108. The van der Waals surface area contributed by atoms with Crippen molar-refractivity contribution >= 4 is 0 Å².